The van der Waals surface area contributed by atoms with E-state index in [2.05, 4.69) is 187 Å². The molecule has 0 aliphatic carbocycles. The SMILES string of the molecule is CC.Cc1ccccc1.Cc1ccccc1.c1ccc(-c2cccc(-n3c4ccccc4c4cc5c6ccccc6c6nc7ccccc7n6c5cc43)c2)cc1. The predicted molar refractivity (Wildman–Crippen MR) is 241 cm³/mol. The van der Waals surface area contributed by atoms with Gasteiger partial charge in [0.1, 0.15) is 5.65 Å². The van der Waals surface area contributed by atoms with Gasteiger partial charge in [0.2, 0.25) is 0 Å². The number of benzene rings is 8. The van der Waals surface area contributed by atoms with Gasteiger partial charge in [-0.3, -0.25) is 4.40 Å². The molecule has 8 aromatic carbocycles. The molecule has 56 heavy (non-hydrogen) atoms. The first-order chi connectivity index (χ1) is 27.6. The van der Waals surface area contributed by atoms with Gasteiger partial charge in [-0.2, -0.15) is 0 Å². The van der Waals surface area contributed by atoms with Gasteiger partial charge in [0.05, 0.1) is 27.6 Å². The van der Waals surface area contributed by atoms with Crippen molar-refractivity contribution < 1.29 is 0 Å². The summed E-state index contributed by atoms with van der Waals surface area (Å²) in [6.07, 6.45) is 0. The van der Waals surface area contributed by atoms with E-state index in [1.807, 2.05) is 50.2 Å². The second-order valence-corrected chi connectivity index (χ2v) is 13.8. The summed E-state index contributed by atoms with van der Waals surface area (Å²) < 4.78 is 4.76. The fourth-order valence-corrected chi connectivity index (χ4v) is 7.57. The maximum Gasteiger partial charge on any atom is 0.146 e. The summed E-state index contributed by atoms with van der Waals surface area (Å²) in [5.74, 6) is 0. The van der Waals surface area contributed by atoms with E-state index in [1.54, 1.807) is 0 Å². The van der Waals surface area contributed by atoms with Gasteiger partial charge >= 0.3 is 0 Å². The molecule has 0 amide bonds. The molecule has 0 radical (unpaired) electrons. The molecule has 3 aromatic heterocycles. The molecular weight excluding hydrogens is 679 g/mol. The number of fused-ring (bicyclic) bond motifs is 11. The van der Waals surface area contributed by atoms with Gasteiger partial charge in [0.15, 0.2) is 0 Å². The Morgan fingerprint density at radius 3 is 1.52 bits per heavy atom. The molecule has 3 heterocycles. The molecule has 0 aliphatic heterocycles. The molecule has 272 valence electrons. The standard InChI is InChI=1S/C37H23N3.2C7H8.C2H6/c1-2-11-24(12-3-1)25-13-10-14-26(21-25)39-33-19-8-6-16-28(33)31-22-30-27-15-4-5-17-29(27)37-38-32-18-7-9-20-34(32)40(37)36(30)23-35(31)39;2*1-7-5-3-2-4-6-7;1-2/h1-23H;2*2-6H,1H3;1-2H3. The number of aromatic nitrogens is 3. The van der Waals surface area contributed by atoms with Gasteiger partial charge in [-0.1, -0.05) is 183 Å². The highest BCUT2D eigenvalue weighted by Gasteiger charge is 2.18. The van der Waals surface area contributed by atoms with Crippen LogP contribution in [0.1, 0.15) is 25.0 Å². The van der Waals surface area contributed by atoms with Crippen molar-refractivity contribution >= 4 is 60.2 Å². The molecule has 3 heteroatoms. The summed E-state index contributed by atoms with van der Waals surface area (Å²) in [6, 6.07) is 70.6. The zero-order valence-corrected chi connectivity index (χ0v) is 32.4. The summed E-state index contributed by atoms with van der Waals surface area (Å²) in [5, 5.41) is 6.14. The number of nitrogens with zero attached hydrogens (tertiary/aromatic N) is 3. The van der Waals surface area contributed by atoms with Crippen LogP contribution in [0.15, 0.2) is 200 Å². The quantitative estimate of drug-likeness (QED) is 0.163. The highest BCUT2D eigenvalue weighted by molar-refractivity contribution is 6.20. The number of hydrogen-bond acceptors (Lipinski definition) is 1. The lowest BCUT2D eigenvalue weighted by atomic mass is 10.0. The van der Waals surface area contributed by atoms with Crippen molar-refractivity contribution in [1.29, 1.82) is 0 Å². The van der Waals surface area contributed by atoms with E-state index in [9.17, 15) is 0 Å². The third-order valence-electron chi connectivity index (χ3n) is 10.1. The van der Waals surface area contributed by atoms with Gasteiger partial charge < -0.3 is 4.57 Å². The third kappa shape index (κ3) is 6.92. The van der Waals surface area contributed by atoms with E-state index in [0.29, 0.717) is 0 Å². The molecule has 0 saturated heterocycles. The van der Waals surface area contributed by atoms with Crippen molar-refractivity contribution in [2.24, 2.45) is 0 Å². The fourth-order valence-electron chi connectivity index (χ4n) is 7.57. The Morgan fingerprint density at radius 2 is 0.875 bits per heavy atom. The minimum atomic E-state index is 0.998. The average Bonchev–Trinajstić information content (AvgIpc) is 3.82. The molecule has 3 nitrogen and oxygen atoms in total. The van der Waals surface area contributed by atoms with Crippen LogP contribution in [0.3, 0.4) is 0 Å². The fraction of sp³-hybridized carbons (Fsp3) is 0.0755. The first-order valence-corrected chi connectivity index (χ1v) is 19.5. The molecular formula is C53H45N3. The number of imidazole rings is 1. The monoisotopic (exact) mass is 723 g/mol. The molecule has 0 saturated carbocycles. The lowest BCUT2D eigenvalue weighted by molar-refractivity contribution is 1.18. The van der Waals surface area contributed by atoms with Gasteiger partial charge in [0.25, 0.3) is 0 Å². The number of rotatable bonds is 2. The smallest absolute Gasteiger partial charge is 0.146 e. The maximum atomic E-state index is 5.10. The molecule has 0 atom stereocenters. The summed E-state index contributed by atoms with van der Waals surface area (Å²) in [7, 11) is 0. The Balaban J connectivity index is 0.000000231. The molecule has 0 aliphatic rings. The van der Waals surface area contributed by atoms with E-state index < -0.39 is 0 Å². The molecule has 0 fully saturated rings. The third-order valence-corrected chi connectivity index (χ3v) is 10.1. The van der Waals surface area contributed by atoms with Crippen LogP contribution >= 0.6 is 0 Å². The lowest BCUT2D eigenvalue weighted by Crippen LogP contribution is -1.96. The number of pyridine rings is 1. The van der Waals surface area contributed by atoms with E-state index in [0.717, 1.165) is 27.9 Å². The van der Waals surface area contributed by atoms with Gasteiger partial charge in [0, 0.05) is 27.2 Å². The first kappa shape index (κ1) is 36.0. The largest absolute Gasteiger partial charge is 0.309 e. The van der Waals surface area contributed by atoms with Crippen LogP contribution in [0.25, 0.3) is 77.0 Å². The topological polar surface area (TPSA) is 22.2 Å². The number of aryl methyl sites for hydroxylation is 2. The summed E-state index contributed by atoms with van der Waals surface area (Å²) in [6.45, 7) is 8.17. The van der Waals surface area contributed by atoms with E-state index in [4.69, 9.17) is 4.98 Å². The molecule has 0 spiro atoms. The average molecular weight is 724 g/mol. The Bertz CT molecular complexity index is 3010. The Kier molecular flexibility index (Phi) is 10.4. The highest BCUT2D eigenvalue weighted by atomic mass is 15.0. The lowest BCUT2D eigenvalue weighted by Gasteiger charge is -2.12. The van der Waals surface area contributed by atoms with Crippen LogP contribution in [0.5, 0.6) is 0 Å². The normalized spacial score (nSPS) is 10.9. The van der Waals surface area contributed by atoms with Crippen molar-refractivity contribution in [3.63, 3.8) is 0 Å². The zero-order valence-electron chi connectivity index (χ0n) is 32.4. The van der Waals surface area contributed by atoms with Crippen LogP contribution in [0, 0.1) is 13.8 Å². The van der Waals surface area contributed by atoms with Crippen molar-refractivity contribution in [3.8, 4) is 16.8 Å². The van der Waals surface area contributed by atoms with Crippen LogP contribution in [0.2, 0.25) is 0 Å². The summed E-state index contributed by atoms with van der Waals surface area (Å²) in [4.78, 5) is 5.10. The van der Waals surface area contributed by atoms with Gasteiger partial charge in [-0.25, -0.2) is 4.98 Å². The maximum absolute atomic E-state index is 5.10. The number of para-hydroxylation sites is 3. The van der Waals surface area contributed by atoms with Gasteiger partial charge in [-0.05, 0) is 72.8 Å². The molecule has 11 rings (SSSR count). The van der Waals surface area contributed by atoms with Crippen LogP contribution in [-0.4, -0.2) is 14.0 Å². The van der Waals surface area contributed by atoms with Crippen molar-refractivity contribution in [2.45, 2.75) is 27.7 Å². The Morgan fingerprint density at radius 1 is 0.357 bits per heavy atom. The van der Waals surface area contributed by atoms with E-state index in [-0.39, 0.29) is 0 Å². The minimum Gasteiger partial charge on any atom is -0.309 e. The van der Waals surface area contributed by atoms with E-state index in [1.165, 1.54) is 60.2 Å². The number of hydrogen-bond donors (Lipinski definition) is 0. The highest BCUT2D eigenvalue weighted by Crippen LogP contribution is 2.39. The summed E-state index contributed by atoms with van der Waals surface area (Å²) >= 11 is 0. The predicted octanol–water partition coefficient (Wildman–Crippen LogP) is 14.6. The van der Waals surface area contributed by atoms with Crippen molar-refractivity contribution in [2.75, 3.05) is 0 Å². The Hall–Kier alpha value is -6.97. The van der Waals surface area contributed by atoms with E-state index >= 15 is 0 Å². The molecule has 0 N–H and O–H groups in total. The van der Waals surface area contributed by atoms with Crippen LogP contribution in [0.4, 0.5) is 0 Å². The van der Waals surface area contributed by atoms with Crippen molar-refractivity contribution in [3.05, 3.63) is 211 Å². The molecule has 0 bridgehead atoms. The van der Waals surface area contributed by atoms with Gasteiger partial charge in [-0.15, -0.1) is 0 Å². The minimum absolute atomic E-state index is 0.998. The molecule has 11 aromatic rings. The second-order valence-electron chi connectivity index (χ2n) is 13.8. The summed E-state index contributed by atoms with van der Waals surface area (Å²) in [5.41, 5.74) is 12.9. The van der Waals surface area contributed by atoms with Crippen LogP contribution in [-0.2, 0) is 0 Å². The Labute approximate surface area is 328 Å². The zero-order chi connectivity index (χ0) is 38.4. The second kappa shape index (κ2) is 16.2. The van der Waals surface area contributed by atoms with Crippen molar-refractivity contribution in [1.82, 2.24) is 14.0 Å². The van der Waals surface area contributed by atoms with Crippen LogP contribution < -0.4 is 0 Å². The first-order valence-electron chi connectivity index (χ1n) is 19.5. The molecule has 0 unspecified atom stereocenters.